The van der Waals surface area contributed by atoms with E-state index in [2.05, 4.69) is 120 Å². The van der Waals surface area contributed by atoms with Gasteiger partial charge < -0.3 is 0 Å². The highest BCUT2D eigenvalue weighted by atomic mass is 79.9. The number of benzene rings is 4. The number of nitrogens with zero attached hydrogens (tertiary/aromatic N) is 4. The molecule has 3 heterocycles. The fourth-order valence-electron chi connectivity index (χ4n) is 4.80. The lowest BCUT2D eigenvalue weighted by molar-refractivity contribution is 1.09. The van der Waals surface area contributed by atoms with Gasteiger partial charge in [0.05, 0.1) is 16.6 Å². The van der Waals surface area contributed by atoms with Gasteiger partial charge in [0.15, 0.2) is 5.65 Å². The second kappa shape index (κ2) is 6.58. The Morgan fingerprint density at radius 3 is 2.00 bits per heavy atom. The van der Waals surface area contributed by atoms with Gasteiger partial charge in [-0.2, -0.15) is 4.98 Å². The molecule has 4 nitrogen and oxygen atoms in total. The van der Waals surface area contributed by atoms with Gasteiger partial charge >= 0.3 is 0 Å². The highest BCUT2D eigenvalue weighted by Crippen LogP contribution is 2.37. The minimum Gasteiger partial charge on any atom is -0.292 e. The van der Waals surface area contributed by atoms with Crippen LogP contribution in [-0.2, 0) is 0 Å². The lowest BCUT2D eigenvalue weighted by atomic mass is 10.2. The Bertz CT molecular complexity index is 1770. The summed E-state index contributed by atoms with van der Waals surface area (Å²) in [7, 11) is 0. The number of rotatable bonds is 2. The first-order chi connectivity index (χ1) is 15.8. The van der Waals surface area contributed by atoms with Gasteiger partial charge in [0, 0.05) is 21.2 Å². The molecule has 7 aromatic rings. The molecule has 32 heavy (non-hydrogen) atoms. The molecule has 0 saturated carbocycles. The van der Waals surface area contributed by atoms with Crippen LogP contribution in [0.3, 0.4) is 0 Å². The second-order valence-corrected chi connectivity index (χ2v) is 8.83. The van der Waals surface area contributed by atoms with Crippen molar-refractivity contribution in [1.82, 2.24) is 18.5 Å². The molecule has 0 unspecified atom stereocenters. The molecule has 0 bridgehead atoms. The molecule has 0 aliphatic carbocycles. The van der Waals surface area contributed by atoms with Gasteiger partial charge in [-0.3, -0.25) is 13.5 Å². The third-order valence-corrected chi connectivity index (χ3v) is 6.59. The molecule has 0 radical (unpaired) electrons. The molecule has 0 spiro atoms. The summed E-state index contributed by atoms with van der Waals surface area (Å²) >= 11 is 3.66. The predicted molar refractivity (Wildman–Crippen MR) is 134 cm³/mol. The number of hydrogen-bond donors (Lipinski definition) is 0. The van der Waals surface area contributed by atoms with Crippen molar-refractivity contribution in [3.05, 3.63) is 108 Å². The normalized spacial score (nSPS) is 11.9. The Morgan fingerprint density at radius 1 is 0.594 bits per heavy atom. The van der Waals surface area contributed by atoms with E-state index in [0.717, 1.165) is 49.3 Å². The second-order valence-electron chi connectivity index (χ2n) is 7.91. The molecular formula is C27H17BrN4. The Morgan fingerprint density at radius 2 is 1.25 bits per heavy atom. The van der Waals surface area contributed by atoms with E-state index in [0.29, 0.717) is 0 Å². The average Bonchev–Trinajstić information content (AvgIpc) is 3.45. The standard InChI is InChI=1S/C27H17BrN4/c28-18-15-16-23-24(17-18)31(20-11-5-2-6-12-20)27-29-26-25(32(23)27)21-13-7-8-14-22(21)30(26)19-9-3-1-4-10-19/h1-17H. The maximum atomic E-state index is 5.25. The van der Waals surface area contributed by atoms with Crippen molar-refractivity contribution in [1.29, 1.82) is 0 Å². The van der Waals surface area contributed by atoms with Crippen molar-refractivity contribution in [3.8, 4) is 11.4 Å². The molecule has 0 fully saturated rings. The molecule has 0 aliphatic heterocycles. The summed E-state index contributed by atoms with van der Waals surface area (Å²) in [6.07, 6.45) is 0. The summed E-state index contributed by atoms with van der Waals surface area (Å²) in [4.78, 5) is 5.25. The van der Waals surface area contributed by atoms with Gasteiger partial charge in [-0.1, -0.05) is 70.5 Å². The molecule has 4 aromatic carbocycles. The quantitative estimate of drug-likeness (QED) is 0.260. The number of hydrogen-bond acceptors (Lipinski definition) is 1. The SMILES string of the molecule is Brc1ccc2c(c1)n(-c1ccccc1)c1nc3c(c4ccccc4n3-c3ccccc3)n21. The zero-order valence-corrected chi connectivity index (χ0v) is 18.6. The summed E-state index contributed by atoms with van der Waals surface area (Å²) < 4.78 is 7.85. The van der Waals surface area contributed by atoms with E-state index in [1.54, 1.807) is 0 Å². The van der Waals surface area contributed by atoms with Gasteiger partial charge in [-0.15, -0.1) is 0 Å². The van der Waals surface area contributed by atoms with E-state index in [4.69, 9.17) is 4.98 Å². The Kier molecular flexibility index (Phi) is 3.66. The van der Waals surface area contributed by atoms with Gasteiger partial charge in [0.25, 0.3) is 0 Å². The van der Waals surface area contributed by atoms with Crippen molar-refractivity contribution in [2.45, 2.75) is 0 Å². The Hall–Kier alpha value is -3.83. The van der Waals surface area contributed by atoms with Crippen molar-refractivity contribution < 1.29 is 0 Å². The predicted octanol–water partition coefficient (Wildman–Crippen LogP) is 7.14. The van der Waals surface area contributed by atoms with Gasteiger partial charge in [0.1, 0.15) is 5.52 Å². The maximum absolute atomic E-state index is 5.25. The van der Waals surface area contributed by atoms with E-state index in [9.17, 15) is 0 Å². The molecular weight excluding hydrogens is 460 g/mol. The first kappa shape index (κ1) is 17.8. The largest absolute Gasteiger partial charge is 0.292 e. The number of imidazole rings is 2. The van der Waals surface area contributed by atoms with Gasteiger partial charge in [0.2, 0.25) is 5.78 Å². The Balaban J connectivity index is 1.74. The number of aromatic nitrogens is 4. The van der Waals surface area contributed by atoms with Crippen LogP contribution in [0, 0.1) is 0 Å². The molecule has 0 aliphatic rings. The summed E-state index contributed by atoms with van der Waals surface area (Å²) in [6.45, 7) is 0. The average molecular weight is 477 g/mol. The van der Waals surface area contributed by atoms with Crippen LogP contribution < -0.4 is 0 Å². The molecule has 0 saturated heterocycles. The van der Waals surface area contributed by atoms with Crippen LogP contribution in [0.4, 0.5) is 0 Å². The molecule has 0 amide bonds. The molecule has 0 atom stereocenters. The summed E-state index contributed by atoms with van der Waals surface area (Å²) in [5.41, 5.74) is 7.69. The molecule has 3 aromatic heterocycles. The van der Waals surface area contributed by atoms with Gasteiger partial charge in [-0.05, 0) is 48.5 Å². The zero-order valence-electron chi connectivity index (χ0n) is 17.0. The van der Waals surface area contributed by atoms with Crippen LogP contribution in [0.25, 0.3) is 50.3 Å². The topological polar surface area (TPSA) is 27.2 Å². The highest BCUT2D eigenvalue weighted by molar-refractivity contribution is 9.10. The summed E-state index contributed by atoms with van der Waals surface area (Å²) in [5.74, 6) is 0.907. The molecule has 7 rings (SSSR count). The van der Waals surface area contributed by atoms with Gasteiger partial charge in [-0.25, -0.2) is 0 Å². The fraction of sp³-hybridized carbons (Fsp3) is 0. The van der Waals surface area contributed by atoms with E-state index >= 15 is 0 Å². The molecule has 5 heteroatoms. The maximum Gasteiger partial charge on any atom is 0.222 e. The first-order valence-electron chi connectivity index (χ1n) is 10.5. The van der Waals surface area contributed by atoms with E-state index in [-0.39, 0.29) is 0 Å². The summed E-state index contributed by atoms with van der Waals surface area (Å²) in [5, 5.41) is 1.19. The van der Waals surface area contributed by atoms with Crippen molar-refractivity contribution in [2.75, 3.05) is 0 Å². The van der Waals surface area contributed by atoms with Crippen LogP contribution in [-0.4, -0.2) is 18.5 Å². The van der Waals surface area contributed by atoms with Crippen molar-refractivity contribution >= 4 is 54.8 Å². The van der Waals surface area contributed by atoms with Crippen LogP contribution in [0.15, 0.2) is 108 Å². The first-order valence-corrected chi connectivity index (χ1v) is 11.3. The van der Waals surface area contributed by atoms with Crippen molar-refractivity contribution in [3.63, 3.8) is 0 Å². The molecule has 0 N–H and O–H groups in total. The minimum absolute atomic E-state index is 0.907. The lowest BCUT2D eigenvalue weighted by Gasteiger charge is -2.06. The third-order valence-electron chi connectivity index (χ3n) is 6.10. The number of fused-ring (bicyclic) bond motifs is 7. The van der Waals surface area contributed by atoms with Crippen LogP contribution >= 0.6 is 15.9 Å². The van der Waals surface area contributed by atoms with E-state index in [1.807, 2.05) is 12.1 Å². The third kappa shape index (κ3) is 2.34. The monoisotopic (exact) mass is 476 g/mol. The number of halogens is 1. The summed E-state index contributed by atoms with van der Waals surface area (Å²) in [6, 6.07) is 35.9. The van der Waals surface area contributed by atoms with Crippen molar-refractivity contribution in [2.24, 2.45) is 0 Å². The molecule has 152 valence electrons. The van der Waals surface area contributed by atoms with Crippen LogP contribution in [0.5, 0.6) is 0 Å². The number of para-hydroxylation sites is 3. The fourth-order valence-corrected chi connectivity index (χ4v) is 5.15. The van der Waals surface area contributed by atoms with E-state index in [1.165, 1.54) is 5.39 Å². The zero-order chi connectivity index (χ0) is 21.2. The lowest BCUT2D eigenvalue weighted by Crippen LogP contribution is -1.97. The highest BCUT2D eigenvalue weighted by Gasteiger charge is 2.23. The smallest absolute Gasteiger partial charge is 0.222 e. The minimum atomic E-state index is 0.907. The van der Waals surface area contributed by atoms with Crippen LogP contribution in [0.2, 0.25) is 0 Å². The van der Waals surface area contributed by atoms with Crippen LogP contribution in [0.1, 0.15) is 0 Å². The Labute approximate surface area is 192 Å². The van der Waals surface area contributed by atoms with E-state index < -0.39 is 0 Å².